The molecule has 38 heavy (non-hydrogen) atoms. The zero-order chi connectivity index (χ0) is 25.8. The molecule has 5 aliphatic rings. The van der Waals surface area contributed by atoms with Crippen molar-refractivity contribution in [3.8, 4) is 0 Å². The van der Waals surface area contributed by atoms with Crippen LogP contribution in [0.5, 0.6) is 0 Å². The monoisotopic (exact) mass is 548 g/mol. The molecule has 6 rings (SSSR count). The molecule has 7 nitrogen and oxygen atoms in total. The summed E-state index contributed by atoms with van der Waals surface area (Å²) in [5.74, 6) is 1.55. The van der Waals surface area contributed by atoms with Gasteiger partial charge in [-0.1, -0.05) is 13.8 Å². The maximum absolute atomic E-state index is 12.6. The second-order valence-corrected chi connectivity index (χ2v) is 13.3. The van der Waals surface area contributed by atoms with Gasteiger partial charge in [0.1, 0.15) is 6.10 Å². The number of piperidine rings is 1. The van der Waals surface area contributed by atoms with Crippen molar-refractivity contribution in [2.45, 2.75) is 108 Å². The average Bonchev–Trinajstić information content (AvgIpc) is 3.16. The summed E-state index contributed by atoms with van der Waals surface area (Å²) in [6.45, 7) is 6.65. The van der Waals surface area contributed by atoms with Gasteiger partial charge < -0.3 is 24.9 Å². The van der Waals surface area contributed by atoms with Gasteiger partial charge in [-0.05, 0) is 124 Å². The first-order valence-corrected chi connectivity index (χ1v) is 14.7. The van der Waals surface area contributed by atoms with Crippen molar-refractivity contribution in [1.82, 2.24) is 10.6 Å². The number of hydrogen-bond donors (Lipinski definition) is 3. The number of nitrogens with one attached hydrogen (secondary N) is 2. The topological polar surface area (TPSA) is 101 Å². The van der Waals surface area contributed by atoms with Crippen molar-refractivity contribution in [3.63, 3.8) is 0 Å². The quantitative estimate of drug-likeness (QED) is 0.483. The van der Waals surface area contributed by atoms with Crippen LogP contribution in [0.15, 0.2) is 27.6 Å². The van der Waals surface area contributed by atoms with E-state index in [0.717, 1.165) is 89.3 Å². The zero-order valence-corrected chi connectivity index (χ0v) is 23.7. The third-order valence-electron chi connectivity index (χ3n) is 11.9. The minimum atomic E-state index is -0.688. The lowest BCUT2D eigenvalue weighted by atomic mass is 9.43. The molecular weight excluding hydrogens is 504 g/mol. The highest BCUT2D eigenvalue weighted by molar-refractivity contribution is 5.85. The number of halogens is 1. The summed E-state index contributed by atoms with van der Waals surface area (Å²) in [6.07, 6.45) is 12.2. The summed E-state index contributed by atoms with van der Waals surface area (Å²) in [6, 6.07) is 3.64. The maximum atomic E-state index is 12.6. The Morgan fingerprint density at radius 2 is 1.82 bits per heavy atom. The van der Waals surface area contributed by atoms with Crippen LogP contribution < -0.4 is 16.3 Å². The third-order valence-corrected chi connectivity index (χ3v) is 11.9. The fourth-order valence-electron chi connectivity index (χ4n) is 9.71. The van der Waals surface area contributed by atoms with E-state index in [2.05, 4.69) is 24.5 Å². The second kappa shape index (κ2) is 10.4. The number of alkyl carbamates (subject to hydrolysis) is 1. The highest BCUT2D eigenvalue weighted by atomic mass is 35.5. The molecule has 8 atom stereocenters. The first-order valence-electron chi connectivity index (χ1n) is 14.7. The van der Waals surface area contributed by atoms with Crippen LogP contribution in [0.4, 0.5) is 4.79 Å². The Bertz CT molecular complexity index is 1050. The van der Waals surface area contributed by atoms with Gasteiger partial charge in [0, 0.05) is 17.5 Å². The fourth-order valence-corrected chi connectivity index (χ4v) is 9.71. The Kier molecular flexibility index (Phi) is 7.69. The lowest BCUT2D eigenvalue weighted by Gasteiger charge is -2.63. The van der Waals surface area contributed by atoms with Crippen LogP contribution >= 0.6 is 12.4 Å². The van der Waals surface area contributed by atoms with Crippen LogP contribution in [-0.4, -0.2) is 42.0 Å². The Morgan fingerprint density at radius 1 is 1.03 bits per heavy atom. The molecule has 0 radical (unpaired) electrons. The van der Waals surface area contributed by atoms with Gasteiger partial charge in [-0.15, -0.1) is 12.4 Å². The van der Waals surface area contributed by atoms with Crippen LogP contribution in [0, 0.1) is 28.6 Å². The molecule has 0 aromatic carbocycles. The molecule has 1 saturated heterocycles. The van der Waals surface area contributed by atoms with Crippen molar-refractivity contribution in [3.05, 3.63) is 34.4 Å². The number of rotatable bonds is 3. The fraction of sp³-hybridized carbons (Fsp3) is 0.800. The van der Waals surface area contributed by atoms with Crippen LogP contribution in [-0.2, 0) is 4.74 Å². The van der Waals surface area contributed by atoms with Crippen LogP contribution in [0.3, 0.4) is 0 Å². The molecule has 0 unspecified atom stereocenters. The predicted molar refractivity (Wildman–Crippen MR) is 147 cm³/mol. The van der Waals surface area contributed by atoms with Crippen LogP contribution in [0.1, 0.15) is 96.0 Å². The van der Waals surface area contributed by atoms with Gasteiger partial charge in [-0.25, -0.2) is 9.59 Å². The molecule has 212 valence electrons. The molecule has 0 bridgehead atoms. The molecule has 8 heteroatoms. The second-order valence-electron chi connectivity index (χ2n) is 13.3. The summed E-state index contributed by atoms with van der Waals surface area (Å²) in [5, 5.41) is 18.8. The van der Waals surface area contributed by atoms with E-state index in [0.29, 0.717) is 17.8 Å². The van der Waals surface area contributed by atoms with E-state index in [4.69, 9.17) is 9.15 Å². The summed E-state index contributed by atoms with van der Waals surface area (Å²) in [5.41, 5.74) is 0.0253. The average molecular weight is 549 g/mol. The summed E-state index contributed by atoms with van der Waals surface area (Å²) >= 11 is 0. The molecule has 4 aliphatic carbocycles. The first kappa shape index (κ1) is 28.0. The SMILES string of the molecule is C[C@]12CC[C@H](OC(=O)NC3CCNCC3)C[C@H]1CC[C@@H]1[C@@H]2CC[C@]2(C)[C@@H](c3ccc(=O)oc3)CC[C@]12O.Cl. The number of carbonyl (C=O) groups is 1. The van der Waals surface area contributed by atoms with Gasteiger partial charge in [0.2, 0.25) is 0 Å². The number of fused-ring (bicyclic) bond motifs is 5. The normalized spacial score (nSPS) is 42.7. The minimum absolute atomic E-state index is 0. The maximum Gasteiger partial charge on any atom is 0.407 e. The molecule has 1 aromatic rings. The molecule has 3 N–H and O–H groups in total. The van der Waals surface area contributed by atoms with Gasteiger partial charge >= 0.3 is 11.7 Å². The Balaban J connectivity index is 0.00000294. The number of aliphatic hydroxyl groups is 1. The Morgan fingerprint density at radius 3 is 2.55 bits per heavy atom. The summed E-state index contributed by atoms with van der Waals surface area (Å²) < 4.78 is 11.2. The third kappa shape index (κ3) is 4.50. The Labute approximate surface area is 232 Å². The van der Waals surface area contributed by atoms with Gasteiger partial charge in [0.05, 0.1) is 11.9 Å². The van der Waals surface area contributed by atoms with Gasteiger partial charge in [0.25, 0.3) is 0 Å². The van der Waals surface area contributed by atoms with Crippen molar-refractivity contribution in [2.75, 3.05) is 13.1 Å². The molecular formula is C30H45ClN2O5. The standard InChI is InChI=1S/C30H44N2O5.ClH/c1-28-12-7-22(37-27(34)32-21-10-15-31-16-11-21)17-20(28)4-5-25-24(28)8-13-29(2)23(9-14-30(25,29)35)19-3-6-26(33)36-18-19;/h3,6,18,20-25,31,35H,4-5,7-17H2,1-2H3,(H,32,34);1H/t20-,22+,23-,24+,25-,28+,29-,30+;/m1./s1. The van der Waals surface area contributed by atoms with Crippen molar-refractivity contribution in [1.29, 1.82) is 0 Å². The molecule has 1 amide bonds. The number of amides is 1. The van der Waals surface area contributed by atoms with Crippen molar-refractivity contribution < 1.29 is 19.1 Å². The van der Waals surface area contributed by atoms with Crippen molar-refractivity contribution >= 4 is 18.5 Å². The minimum Gasteiger partial charge on any atom is -0.446 e. The lowest BCUT2D eigenvalue weighted by molar-refractivity contribution is -0.205. The smallest absolute Gasteiger partial charge is 0.407 e. The largest absolute Gasteiger partial charge is 0.446 e. The van der Waals surface area contributed by atoms with Crippen molar-refractivity contribution in [2.24, 2.45) is 28.6 Å². The van der Waals surface area contributed by atoms with E-state index >= 15 is 0 Å². The van der Waals surface area contributed by atoms with Gasteiger partial charge in [-0.2, -0.15) is 0 Å². The molecule has 1 aliphatic heterocycles. The van der Waals surface area contributed by atoms with Crippen LogP contribution in [0.2, 0.25) is 0 Å². The molecule has 1 aromatic heterocycles. The summed E-state index contributed by atoms with van der Waals surface area (Å²) in [4.78, 5) is 24.1. The van der Waals surface area contributed by atoms with Gasteiger partial charge in [-0.3, -0.25) is 0 Å². The number of carbonyl (C=O) groups excluding carboxylic acids is 1. The summed E-state index contributed by atoms with van der Waals surface area (Å²) in [7, 11) is 0. The highest BCUT2D eigenvalue weighted by Crippen LogP contribution is 2.70. The van der Waals surface area contributed by atoms with E-state index in [1.54, 1.807) is 6.26 Å². The molecule has 5 fully saturated rings. The van der Waals surface area contributed by atoms with Crippen LogP contribution in [0.25, 0.3) is 0 Å². The number of hydrogen-bond acceptors (Lipinski definition) is 6. The Hall–Kier alpha value is -1.57. The molecule has 0 spiro atoms. The van der Waals surface area contributed by atoms with E-state index in [-0.39, 0.29) is 53.0 Å². The lowest BCUT2D eigenvalue weighted by Crippen LogP contribution is -2.62. The van der Waals surface area contributed by atoms with E-state index in [1.807, 2.05) is 6.07 Å². The zero-order valence-electron chi connectivity index (χ0n) is 22.9. The number of ether oxygens (including phenoxy) is 1. The predicted octanol–water partition coefficient (Wildman–Crippen LogP) is 5.15. The molecule has 2 heterocycles. The van der Waals surface area contributed by atoms with Gasteiger partial charge in [0.15, 0.2) is 0 Å². The highest BCUT2D eigenvalue weighted by Gasteiger charge is 2.67. The van der Waals surface area contributed by atoms with E-state index in [9.17, 15) is 14.7 Å². The van der Waals surface area contributed by atoms with E-state index in [1.165, 1.54) is 6.07 Å². The van der Waals surface area contributed by atoms with E-state index < -0.39 is 5.60 Å². The molecule has 4 saturated carbocycles. The first-order chi connectivity index (χ1) is 17.7.